The maximum atomic E-state index is 14.0. The lowest BCUT2D eigenvalue weighted by atomic mass is 9.94. The number of carbonyl (C=O) groups is 1. The minimum atomic E-state index is -3.87. The molecule has 0 spiro atoms. The summed E-state index contributed by atoms with van der Waals surface area (Å²) in [4.78, 5) is 14.1. The van der Waals surface area contributed by atoms with E-state index in [2.05, 4.69) is 9.84 Å². The highest BCUT2D eigenvalue weighted by Crippen LogP contribution is 2.46. The van der Waals surface area contributed by atoms with Crippen molar-refractivity contribution in [2.45, 2.75) is 48.4 Å². The van der Waals surface area contributed by atoms with Crippen LogP contribution in [-0.2, 0) is 25.9 Å². The molecule has 0 unspecified atom stereocenters. The number of aromatic nitrogens is 2. The highest BCUT2D eigenvalue weighted by Gasteiger charge is 2.57. The Morgan fingerprint density at radius 2 is 1.91 bits per heavy atom. The van der Waals surface area contributed by atoms with Gasteiger partial charge in [0.1, 0.15) is 28.5 Å². The van der Waals surface area contributed by atoms with Crippen molar-refractivity contribution in [1.82, 2.24) is 14.7 Å². The summed E-state index contributed by atoms with van der Waals surface area (Å²) in [6.07, 6.45) is -7.49. The molecule has 5 rings (SSSR count). The van der Waals surface area contributed by atoms with Crippen molar-refractivity contribution in [2.24, 2.45) is 0 Å². The smallest absolute Gasteiger partial charge is 0.405 e. The Morgan fingerprint density at radius 1 is 1.21 bits per heavy atom. The van der Waals surface area contributed by atoms with Crippen LogP contribution in [0.5, 0.6) is 11.5 Å². The first kappa shape index (κ1) is 31.3. The highest BCUT2D eigenvalue weighted by atomic mass is 32.2. The van der Waals surface area contributed by atoms with Gasteiger partial charge in [-0.2, -0.15) is 16.4 Å². The van der Waals surface area contributed by atoms with E-state index in [9.17, 15) is 43.9 Å². The van der Waals surface area contributed by atoms with Gasteiger partial charge in [0.2, 0.25) is 0 Å². The molecular formula is C25H29N3O13S2. The number of benzene rings is 1. The molecule has 3 aromatic rings. The van der Waals surface area contributed by atoms with Crippen molar-refractivity contribution in [3.8, 4) is 28.4 Å². The van der Waals surface area contributed by atoms with Crippen LogP contribution < -0.4 is 9.47 Å². The lowest BCUT2D eigenvalue weighted by molar-refractivity contribution is -0.470. The number of hydrogen-bond acceptors (Lipinski definition) is 15. The second kappa shape index (κ2) is 10.8. The molecule has 1 aromatic carbocycles. The average Bonchev–Trinajstić information content (AvgIpc) is 3.55. The van der Waals surface area contributed by atoms with Crippen molar-refractivity contribution in [3.63, 3.8) is 0 Å². The number of sulfone groups is 1. The molecule has 1 fully saturated rings. The zero-order valence-electron chi connectivity index (χ0n) is 23.0. The standard InChI is InChI=1S/C25H29N3O13S2/c1-13(2)43(36,37)19-6-15-17(7-18(19)38-3)40-8-16-20(26-27(21(15)16)14-4-5-42-9-14)22(29)28(24(30,31)32)23(10-39-11-23)12-41-25(33,34)35/h4-7,9,13,30-35H,8,10-12H2,1-3H3. The predicted octanol–water partition coefficient (Wildman–Crippen LogP) is -0.912. The van der Waals surface area contributed by atoms with E-state index < -0.39 is 64.3 Å². The summed E-state index contributed by atoms with van der Waals surface area (Å²) in [5.41, 5.74) is -1.26. The summed E-state index contributed by atoms with van der Waals surface area (Å²) in [5, 5.41) is 65.6. The number of ether oxygens (including phenoxy) is 4. The maximum absolute atomic E-state index is 14.0. The highest BCUT2D eigenvalue weighted by molar-refractivity contribution is 7.92. The number of fused-ring (bicyclic) bond motifs is 3. The lowest BCUT2D eigenvalue weighted by Gasteiger charge is -2.51. The van der Waals surface area contributed by atoms with Gasteiger partial charge in [0.25, 0.3) is 5.91 Å². The van der Waals surface area contributed by atoms with Crippen LogP contribution >= 0.6 is 11.3 Å². The molecule has 2 aliphatic heterocycles. The molecule has 18 heteroatoms. The molecular weight excluding hydrogens is 614 g/mol. The normalized spacial score (nSPS) is 16.2. The number of methoxy groups -OCH3 is 1. The molecule has 43 heavy (non-hydrogen) atoms. The van der Waals surface area contributed by atoms with E-state index in [-0.39, 0.29) is 44.7 Å². The Labute approximate surface area is 248 Å². The van der Waals surface area contributed by atoms with Gasteiger partial charge in [0.15, 0.2) is 15.5 Å². The summed E-state index contributed by atoms with van der Waals surface area (Å²) in [6, 6.07) is 4.45. The van der Waals surface area contributed by atoms with Crippen LogP contribution in [0, 0.1) is 0 Å². The third kappa shape index (κ3) is 5.50. The van der Waals surface area contributed by atoms with Gasteiger partial charge in [-0.25, -0.2) is 18.0 Å². The lowest BCUT2D eigenvalue weighted by Crippen LogP contribution is -2.73. The summed E-state index contributed by atoms with van der Waals surface area (Å²) in [7, 11) is -2.55. The van der Waals surface area contributed by atoms with Crippen LogP contribution in [0.3, 0.4) is 0 Å². The van der Waals surface area contributed by atoms with Gasteiger partial charge in [-0.05, 0) is 31.4 Å². The fourth-order valence-corrected chi connectivity index (χ4v) is 6.68. The van der Waals surface area contributed by atoms with Crippen LogP contribution in [0.25, 0.3) is 16.9 Å². The van der Waals surface area contributed by atoms with Gasteiger partial charge in [0, 0.05) is 22.6 Å². The first-order chi connectivity index (χ1) is 20.0. The van der Waals surface area contributed by atoms with Gasteiger partial charge < -0.3 is 49.6 Å². The molecule has 16 nitrogen and oxygen atoms in total. The number of aliphatic hydroxyl groups is 6. The van der Waals surface area contributed by atoms with Crippen LogP contribution in [0.1, 0.15) is 29.9 Å². The zero-order chi connectivity index (χ0) is 31.5. The summed E-state index contributed by atoms with van der Waals surface area (Å²) in [6.45, 7) is 0.876. The quantitative estimate of drug-likeness (QED) is 0.147. The number of rotatable bonds is 10. The summed E-state index contributed by atoms with van der Waals surface area (Å²) >= 11 is 1.31. The van der Waals surface area contributed by atoms with Gasteiger partial charge >= 0.3 is 12.3 Å². The monoisotopic (exact) mass is 643 g/mol. The Hall–Kier alpha value is -3.17. The zero-order valence-corrected chi connectivity index (χ0v) is 24.6. The Bertz CT molecular complexity index is 1630. The molecule has 1 amide bonds. The van der Waals surface area contributed by atoms with Crippen LogP contribution in [0.2, 0.25) is 0 Å². The van der Waals surface area contributed by atoms with Crippen LogP contribution in [0.4, 0.5) is 0 Å². The van der Waals surface area contributed by atoms with E-state index in [1.165, 1.54) is 49.1 Å². The summed E-state index contributed by atoms with van der Waals surface area (Å²) < 4.78 is 48.8. The number of carbonyl (C=O) groups excluding carboxylic acids is 1. The van der Waals surface area contributed by atoms with Crippen molar-refractivity contribution in [2.75, 3.05) is 26.9 Å². The molecule has 4 heterocycles. The average molecular weight is 644 g/mol. The SMILES string of the molecule is COc1cc2c(cc1S(=O)(=O)C(C)C)-c1c(c(C(=O)N(C(O)(O)O)C3(COC(O)(O)O)COC3)nn1-c1ccsc1)CO2. The van der Waals surface area contributed by atoms with Crippen molar-refractivity contribution in [1.29, 1.82) is 0 Å². The van der Waals surface area contributed by atoms with E-state index in [1.54, 1.807) is 16.8 Å². The minimum Gasteiger partial charge on any atom is -0.495 e. The maximum Gasteiger partial charge on any atom is 0.405 e. The Balaban J connectivity index is 1.71. The number of nitrogens with zero attached hydrogens (tertiary/aromatic N) is 3. The van der Waals surface area contributed by atoms with Crippen molar-refractivity contribution in [3.05, 3.63) is 40.2 Å². The number of amides is 1. The second-order valence-corrected chi connectivity index (χ2v) is 13.5. The molecule has 234 valence electrons. The fraction of sp³-hybridized carbons (Fsp3) is 0.440. The van der Waals surface area contributed by atoms with Gasteiger partial charge in [-0.3, -0.25) is 4.79 Å². The summed E-state index contributed by atoms with van der Waals surface area (Å²) in [5.74, 6) is -0.993. The van der Waals surface area contributed by atoms with E-state index in [0.29, 0.717) is 5.69 Å². The first-order valence-electron chi connectivity index (χ1n) is 12.6. The topological polar surface area (TPSA) is 231 Å². The second-order valence-electron chi connectivity index (χ2n) is 10.3. The molecule has 0 bridgehead atoms. The predicted molar refractivity (Wildman–Crippen MR) is 145 cm³/mol. The molecule has 2 aliphatic rings. The fourth-order valence-electron chi connectivity index (χ4n) is 4.85. The van der Waals surface area contributed by atoms with Gasteiger partial charge in [-0.1, -0.05) is 0 Å². The Morgan fingerprint density at radius 3 is 2.42 bits per heavy atom. The molecule has 0 aliphatic carbocycles. The molecule has 6 N–H and O–H groups in total. The van der Waals surface area contributed by atoms with E-state index in [1.807, 2.05) is 0 Å². The van der Waals surface area contributed by atoms with Gasteiger partial charge in [0.05, 0.1) is 43.6 Å². The number of thiophene rings is 1. The molecule has 0 atom stereocenters. The minimum absolute atomic E-state index is 0.0465. The third-order valence-electron chi connectivity index (χ3n) is 7.01. The van der Waals surface area contributed by atoms with Crippen LogP contribution in [-0.4, -0.2) is 110 Å². The van der Waals surface area contributed by atoms with Crippen molar-refractivity contribution < 1.29 is 62.8 Å². The van der Waals surface area contributed by atoms with Crippen LogP contribution in [0.15, 0.2) is 33.9 Å². The molecule has 2 aromatic heterocycles. The third-order valence-corrected chi connectivity index (χ3v) is 9.85. The largest absolute Gasteiger partial charge is 0.495 e. The Kier molecular flexibility index (Phi) is 7.83. The first-order valence-corrected chi connectivity index (χ1v) is 15.1. The molecule has 0 radical (unpaired) electrons. The van der Waals surface area contributed by atoms with E-state index >= 15 is 0 Å². The molecule has 0 saturated carbocycles. The van der Waals surface area contributed by atoms with E-state index in [4.69, 9.17) is 14.2 Å². The van der Waals surface area contributed by atoms with E-state index in [0.717, 1.165) is 0 Å². The number of hydrogen-bond donors (Lipinski definition) is 6. The van der Waals surface area contributed by atoms with Crippen molar-refractivity contribution >= 4 is 27.1 Å². The molecule has 1 saturated heterocycles. The van der Waals surface area contributed by atoms with Gasteiger partial charge in [-0.15, -0.1) is 0 Å².